The monoisotopic (exact) mass is 321 g/mol. The zero-order valence-corrected chi connectivity index (χ0v) is 12.7. The van der Waals surface area contributed by atoms with Crippen LogP contribution in [-0.2, 0) is 0 Å². The zero-order valence-electron chi connectivity index (χ0n) is 12.7. The van der Waals surface area contributed by atoms with Gasteiger partial charge in [-0.25, -0.2) is 9.37 Å². The maximum Gasteiger partial charge on any atom is 0.261 e. The number of hydrogen-bond donors (Lipinski definition) is 1. The Balaban J connectivity index is 1.78. The molecular weight excluding hydrogens is 309 g/mol. The molecular formula is C17H12FN5O. The van der Waals surface area contributed by atoms with Crippen LogP contribution < -0.4 is 5.32 Å². The molecule has 0 unspecified atom stereocenters. The fourth-order valence-electron chi connectivity index (χ4n) is 2.56. The second-order valence-electron chi connectivity index (χ2n) is 5.28. The molecule has 6 nitrogen and oxygen atoms in total. The molecule has 0 radical (unpaired) electrons. The van der Waals surface area contributed by atoms with E-state index in [1.807, 2.05) is 24.3 Å². The van der Waals surface area contributed by atoms with Crippen LogP contribution in [0, 0.1) is 12.7 Å². The van der Waals surface area contributed by atoms with E-state index < -0.39 is 11.7 Å². The molecule has 7 heteroatoms. The molecule has 2 aromatic heterocycles. The summed E-state index contributed by atoms with van der Waals surface area (Å²) in [6.07, 6.45) is 0. The van der Waals surface area contributed by atoms with Gasteiger partial charge in [-0.3, -0.25) is 10.1 Å². The van der Waals surface area contributed by atoms with Gasteiger partial charge < -0.3 is 0 Å². The van der Waals surface area contributed by atoms with Crippen LogP contribution in [-0.4, -0.2) is 25.5 Å². The Labute approximate surface area is 136 Å². The lowest BCUT2D eigenvalue weighted by Gasteiger charge is -2.01. The molecule has 0 aliphatic rings. The summed E-state index contributed by atoms with van der Waals surface area (Å²) in [5, 5.41) is 7.60. The number of nitrogens with one attached hydrogen (secondary N) is 1. The van der Waals surface area contributed by atoms with Crippen molar-refractivity contribution < 1.29 is 9.18 Å². The van der Waals surface area contributed by atoms with Crippen LogP contribution in [0.4, 0.5) is 10.3 Å². The van der Waals surface area contributed by atoms with E-state index in [2.05, 4.69) is 20.4 Å². The fraction of sp³-hybridized carbons (Fsp3) is 0.0588. The molecule has 0 atom stereocenters. The van der Waals surface area contributed by atoms with Crippen molar-refractivity contribution in [2.24, 2.45) is 0 Å². The number of benzene rings is 2. The average Bonchev–Trinajstić information content (AvgIpc) is 3.00. The summed E-state index contributed by atoms with van der Waals surface area (Å²) in [6.45, 7) is 1.80. The van der Waals surface area contributed by atoms with Gasteiger partial charge in [-0.2, -0.15) is 9.50 Å². The van der Waals surface area contributed by atoms with Crippen molar-refractivity contribution in [2.75, 3.05) is 5.32 Å². The number of carbonyl (C=O) groups is 1. The molecule has 4 rings (SSSR count). The van der Waals surface area contributed by atoms with Crippen LogP contribution in [0.2, 0.25) is 0 Å². The SMILES string of the molecule is Cc1nc2ccccc2c2nc(NC(=O)c3ccccc3F)nn12. The molecule has 0 saturated carbocycles. The number of anilines is 1. The minimum atomic E-state index is -0.598. The van der Waals surface area contributed by atoms with Crippen molar-refractivity contribution in [1.82, 2.24) is 19.6 Å². The fourth-order valence-corrected chi connectivity index (χ4v) is 2.56. The Morgan fingerprint density at radius 3 is 2.67 bits per heavy atom. The Bertz CT molecular complexity index is 1090. The molecule has 0 spiro atoms. The Hall–Kier alpha value is -3.35. The number of amides is 1. The second-order valence-corrected chi connectivity index (χ2v) is 5.28. The van der Waals surface area contributed by atoms with Gasteiger partial charge in [-0.05, 0) is 31.2 Å². The van der Waals surface area contributed by atoms with Gasteiger partial charge >= 0.3 is 0 Å². The van der Waals surface area contributed by atoms with Gasteiger partial charge in [0.1, 0.15) is 11.6 Å². The lowest BCUT2D eigenvalue weighted by molar-refractivity contribution is 0.102. The lowest BCUT2D eigenvalue weighted by atomic mass is 10.2. The summed E-state index contributed by atoms with van der Waals surface area (Å²) < 4.78 is 15.3. The summed E-state index contributed by atoms with van der Waals surface area (Å²) in [7, 11) is 0. The lowest BCUT2D eigenvalue weighted by Crippen LogP contribution is -2.14. The minimum absolute atomic E-state index is 0.0592. The van der Waals surface area contributed by atoms with Crippen molar-refractivity contribution in [3.05, 3.63) is 65.7 Å². The Morgan fingerprint density at radius 1 is 1.08 bits per heavy atom. The minimum Gasteiger partial charge on any atom is -0.289 e. The number of hydrogen-bond acceptors (Lipinski definition) is 4. The molecule has 2 aromatic carbocycles. The van der Waals surface area contributed by atoms with E-state index in [0.717, 1.165) is 10.9 Å². The number of para-hydroxylation sites is 1. The normalized spacial score (nSPS) is 11.1. The highest BCUT2D eigenvalue weighted by Crippen LogP contribution is 2.19. The number of halogens is 1. The summed E-state index contributed by atoms with van der Waals surface area (Å²) in [5.74, 6) is -0.451. The molecule has 1 N–H and O–H groups in total. The van der Waals surface area contributed by atoms with Gasteiger partial charge in [0.25, 0.3) is 5.91 Å². The van der Waals surface area contributed by atoms with E-state index in [-0.39, 0.29) is 11.5 Å². The molecule has 0 bridgehead atoms. The smallest absolute Gasteiger partial charge is 0.261 e. The summed E-state index contributed by atoms with van der Waals surface area (Å²) in [5.41, 5.74) is 1.32. The molecule has 0 saturated heterocycles. The van der Waals surface area contributed by atoms with E-state index >= 15 is 0 Å². The number of nitrogens with zero attached hydrogens (tertiary/aromatic N) is 4. The predicted molar refractivity (Wildman–Crippen MR) is 87.4 cm³/mol. The summed E-state index contributed by atoms with van der Waals surface area (Å²) >= 11 is 0. The molecule has 0 aliphatic carbocycles. The third-order valence-electron chi connectivity index (χ3n) is 3.68. The van der Waals surface area contributed by atoms with Crippen LogP contribution in [0.15, 0.2) is 48.5 Å². The number of fused-ring (bicyclic) bond motifs is 3. The van der Waals surface area contributed by atoms with E-state index in [4.69, 9.17) is 0 Å². The van der Waals surface area contributed by atoms with E-state index in [9.17, 15) is 9.18 Å². The first-order chi connectivity index (χ1) is 11.6. The Morgan fingerprint density at radius 2 is 1.83 bits per heavy atom. The van der Waals surface area contributed by atoms with Gasteiger partial charge in [-0.1, -0.05) is 24.3 Å². The van der Waals surface area contributed by atoms with E-state index in [0.29, 0.717) is 11.5 Å². The van der Waals surface area contributed by atoms with Crippen molar-refractivity contribution >= 4 is 28.4 Å². The summed E-state index contributed by atoms with van der Waals surface area (Å²) in [6, 6.07) is 13.3. The van der Waals surface area contributed by atoms with Gasteiger partial charge in [0.15, 0.2) is 5.65 Å². The van der Waals surface area contributed by atoms with Crippen molar-refractivity contribution in [3.8, 4) is 0 Å². The number of aryl methyl sites for hydroxylation is 1. The van der Waals surface area contributed by atoms with Crippen LogP contribution in [0.1, 0.15) is 16.2 Å². The van der Waals surface area contributed by atoms with Gasteiger partial charge in [0.2, 0.25) is 5.95 Å². The van der Waals surface area contributed by atoms with Gasteiger partial charge in [-0.15, -0.1) is 5.10 Å². The first-order valence-electron chi connectivity index (χ1n) is 7.31. The van der Waals surface area contributed by atoms with Crippen LogP contribution in [0.25, 0.3) is 16.6 Å². The quantitative estimate of drug-likeness (QED) is 0.616. The maximum absolute atomic E-state index is 13.7. The van der Waals surface area contributed by atoms with Gasteiger partial charge in [0, 0.05) is 5.39 Å². The standard InChI is InChI=1S/C17H12FN5O/c1-10-19-14-9-5-3-7-12(14)15-20-17(22-23(10)15)21-16(24)11-6-2-4-8-13(11)18/h2-9H,1H3,(H,21,22,24). The molecule has 0 fully saturated rings. The average molecular weight is 321 g/mol. The van der Waals surface area contributed by atoms with Crippen LogP contribution >= 0.6 is 0 Å². The molecule has 1 amide bonds. The molecule has 4 aromatic rings. The predicted octanol–water partition coefficient (Wildman–Crippen LogP) is 2.98. The number of aromatic nitrogens is 4. The van der Waals surface area contributed by atoms with Gasteiger partial charge in [0.05, 0.1) is 11.1 Å². The largest absolute Gasteiger partial charge is 0.289 e. The van der Waals surface area contributed by atoms with Crippen molar-refractivity contribution in [2.45, 2.75) is 6.92 Å². The van der Waals surface area contributed by atoms with Crippen molar-refractivity contribution in [1.29, 1.82) is 0 Å². The van der Waals surface area contributed by atoms with E-state index in [1.54, 1.807) is 17.5 Å². The molecule has 0 aliphatic heterocycles. The maximum atomic E-state index is 13.7. The zero-order chi connectivity index (χ0) is 16.7. The first-order valence-corrected chi connectivity index (χ1v) is 7.31. The number of rotatable bonds is 2. The third kappa shape index (κ3) is 2.26. The highest BCUT2D eigenvalue weighted by Gasteiger charge is 2.15. The highest BCUT2D eigenvalue weighted by molar-refractivity contribution is 6.04. The molecule has 24 heavy (non-hydrogen) atoms. The number of carbonyl (C=O) groups excluding carboxylic acids is 1. The van der Waals surface area contributed by atoms with Crippen molar-refractivity contribution in [3.63, 3.8) is 0 Å². The second kappa shape index (κ2) is 5.38. The highest BCUT2D eigenvalue weighted by atomic mass is 19.1. The van der Waals surface area contributed by atoms with Crippen LogP contribution in [0.5, 0.6) is 0 Å². The van der Waals surface area contributed by atoms with Crippen LogP contribution in [0.3, 0.4) is 0 Å². The Kier molecular flexibility index (Phi) is 3.19. The third-order valence-corrected chi connectivity index (χ3v) is 3.68. The first kappa shape index (κ1) is 14.3. The summed E-state index contributed by atoms with van der Waals surface area (Å²) in [4.78, 5) is 21.0. The topological polar surface area (TPSA) is 72.2 Å². The molecule has 2 heterocycles. The molecule has 118 valence electrons. The van der Waals surface area contributed by atoms with E-state index in [1.165, 1.54) is 18.2 Å².